The second-order valence-corrected chi connectivity index (χ2v) is 6.28. The van der Waals surface area contributed by atoms with Crippen LogP contribution in [0.4, 0.5) is 0 Å². The van der Waals surface area contributed by atoms with Gasteiger partial charge in [0.25, 0.3) is 0 Å². The maximum Gasteiger partial charge on any atom is 0.0558 e. The van der Waals surface area contributed by atoms with Gasteiger partial charge in [0, 0.05) is 30.1 Å². The summed E-state index contributed by atoms with van der Waals surface area (Å²) in [6, 6.07) is 9.16. The van der Waals surface area contributed by atoms with Crippen molar-refractivity contribution in [3.8, 4) is 0 Å². The molecule has 1 saturated heterocycles. The lowest BCUT2D eigenvalue weighted by atomic mass is 10.0. The Labute approximate surface area is 124 Å². The number of rotatable bonds is 5. The van der Waals surface area contributed by atoms with Crippen molar-refractivity contribution in [3.05, 3.63) is 34.3 Å². The molecular formula is C15H23BrN2O. The second kappa shape index (κ2) is 7.39. The van der Waals surface area contributed by atoms with E-state index in [-0.39, 0.29) is 6.61 Å². The number of piperidine rings is 1. The van der Waals surface area contributed by atoms with Crippen molar-refractivity contribution in [1.29, 1.82) is 0 Å². The molecule has 1 atom stereocenters. The fraction of sp³-hybridized carbons (Fsp3) is 0.600. The Balaban J connectivity index is 1.88. The van der Waals surface area contributed by atoms with Gasteiger partial charge in [-0.15, -0.1) is 0 Å². The largest absolute Gasteiger partial charge is 0.395 e. The molecule has 1 heterocycles. The van der Waals surface area contributed by atoms with E-state index in [1.165, 1.54) is 24.9 Å². The Morgan fingerprint density at radius 2 is 2.11 bits per heavy atom. The van der Waals surface area contributed by atoms with Crippen LogP contribution in [0.5, 0.6) is 0 Å². The predicted molar refractivity (Wildman–Crippen MR) is 82.2 cm³/mol. The summed E-state index contributed by atoms with van der Waals surface area (Å²) in [7, 11) is 2.12. The molecule has 1 N–H and O–H groups in total. The third-order valence-electron chi connectivity index (χ3n) is 3.88. The van der Waals surface area contributed by atoms with Gasteiger partial charge < -0.3 is 5.11 Å². The SMILES string of the molecule is CN(CCO)C1CCCN(Cc2ccc(Br)cc2)C1. The molecule has 2 rings (SSSR count). The number of halogens is 1. The fourth-order valence-electron chi connectivity index (χ4n) is 2.72. The number of aliphatic hydroxyl groups excluding tert-OH is 1. The quantitative estimate of drug-likeness (QED) is 0.899. The maximum absolute atomic E-state index is 9.03. The van der Waals surface area contributed by atoms with Crippen molar-refractivity contribution < 1.29 is 5.11 Å². The van der Waals surface area contributed by atoms with Gasteiger partial charge in [-0.1, -0.05) is 28.1 Å². The van der Waals surface area contributed by atoms with Gasteiger partial charge in [-0.3, -0.25) is 9.80 Å². The highest BCUT2D eigenvalue weighted by Gasteiger charge is 2.22. The zero-order valence-corrected chi connectivity index (χ0v) is 13.1. The normalized spacial score (nSPS) is 20.9. The van der Waals surface area contributed by atoms with Crippen LogP contribution in [-0.4, -0.2) is 54.2 Å². The van der Waals surface area contributed by atoms with E-state index in [2.05, 4.69) is 57.0 Å². The van der Waals surface area contributed by atoms with Gasteiger partial charge >= 0.3 is 0 Å². The van der Waals surface area contributed by atoms with Gasteiger partial charge in [0.15, 0.2) is 0 Å². The summed E-state index contributed by atoms with van der Waals surface area (Å²) in [6.07, 6.45) is 2.49. The molecule has 3 nitrogen and oxygen atoms in total. The Morgan fingerprint density at radius 1 is 1.37 bits per heavy atom. The summed E-state index contributed by atoms with van der Waals surface area (Å²) >= 11 is 3.47. The van der Waals surface area contributed by atoms with Gasteiger partial charge in [-0.25, -0.2) is 0 Å². The van der Waals surface area contributed by atoms with Crippen LogP contribution in [0.2, 0.25) is 0 Å². The van der Waals surface area contributed by atoms with E-state index in [0.717, 1.165) is 24.1 Å². The average Bonchev–Trinajstić information content (AvgIpc) is 2.42. The topological polar surface area (TPSA) is 26.7 Å². The van der Waals surface area contributed by atoms with Crippen LogP contribution in [-0.2, 0) is 6.54 Å². The highest BCUT2D eigenvalue weighted by atomic mass is 79.9. The molecule has 1 aliphatic rings. The third-order valence-corrected chi connectivity index (χ3v) is 4.40. The molecule has 0 aliphatic carbocycles. The predicted octanol–water partition coefficient (Wildman–Crippen LogP) is 2.34. The molecule has 1 unspecified atom stereocenters. The molecule has 0 amide bonds. The Kier molecular flexibility index (Phi) is 5.82. The zero-order chi connectivity index (χ0) is 13.7. The lowest BCUT2D eigenvalue weighted by Crippen LogP contribution is -2.46. The number of nitrogens with zero attached hydrogens (tertiary/aromatic N) is 2. The number of likely N-dealkylation sites (tertiary alicyclic amines) is 1. The van der Waals surface area contributed by atoms with Crippen LogP contribution < -0.4 is 0 Å². The zero-order valence-electron chi connectivity index (χ0n) is 11.6. The maximum atomic E-state index is 9.03. The Hall–Kier alpha value is -0.420. The van der Waals surface area contributed by atoms with Gasteiger partial charge in [0.1, 0.15) is 0 Å². The number of benzene rings is 1. The van der Waals surface area contributed by atoms with Crippen molar-refractivity contribution in [3.63, 3.8) is 0 Å². The first-order valence-corrected chi connectivity index (χ1v) is 7.76. The van der Waals surface area contributed by atoms with Crippen molar-refractivity contribution in [2.75, 3.05) is 33.3 Å². The summed E-state index contributed by atoms with van der Waals surface area (Å²) in [5, 5.41) is 9.03. The van der Waals surface area contributed by atoms with E-state index in [4.69, 9.17) is 5.11 Å². The van der Waals surface area contributed by atoms with Crippen LogP contribution in [0.1, 0.15) is 18.4 Å². The molecule has 1 fully saturated rings. The number of hydrogen-bond acceptors (Lipinski definition) is 3. The van der Waals surface area contributed by atoms with Crippen LogP contribution in [0.25, 0.3) is 0 Å². The fourth-order valence-corrected chi connectivity index (χ4v) is 2.99. The molecule has 4 heteroatoms. The third kappa shape index (κ3) is 4.56. The summed E-state index contributed by atoms with van der Waals surface area (Å²) < 4.78 is 1.13. The highest BCUT2D eigenvalue weighted by molar-refractivity contribution is 9.10. The minimum absolute atomic E-state index is 0.250. The first-order valence-electron chi connectivity index (χ1n) is 6.97. The van der Waals surface area contributed by atoms with E-state index in [9.17, 15) is 0 Å². The second-order valence-electron chi connectivity index (χ2n) is 5.36. The summed E-state index contributed by atoms with van der Waals surface area (Å²) in [5.41, 5.74) is 1.37. The van der Waals surface area contributed by atoms with Crippen molar-refractivity contribution in [2.24, 2.45) is 0 Å². The van der Waals surface area contributed by atoms with Crippen LogP contribution in [0.3, 0.4) is 0 Å². The Bertz CT molecular complexity index is 382. The number of aliphatic hydroxyl groups is 1. The van der Waals surface area contributed by atoms with E-state index in [0.29, 0.717) is 6.04 Å². The lowest BCUT2D eigenvalue weighted by Gasteiger charge is -2.37. The molecule has 0 bridgehead atoms. The first kappa shape index (κ1) is 15.0. The molecule has 1 aliphatic heterocycles. The van der Waals surface area contributed by atoms with Gasteiger partial charge in [-0.2, -0.15) is 0 Å². The monoisotopic (exact) mass is 326 g/mol. The van der Waals surface area contributed by atoms with Crippen LogP contribution in [0, 0.1) is 0 Å². The standard InChI is InChI=1S/C15H23BrN2O/c1-17(9-10-19)15-3-2-8-18(12-15)11-13-4-6-14(16)7-5-13/h4-7,15,19H,2-3,8-12H2,1H3. The highest BCUT2D eigenvalue weighted by Crippen LogP contribution is 2.18. The summed E-state index contributed by atoms with van der Waals surface area (Å²) in [5.74, 6) is 0. The van der Waals surface area contributed by atoms with Gasteiger partial charge in [0.05, 0.1) is 6.61 Å². The van der Waals surface area contributed by atoms with E-state index < -0.39 is 0 Å². The molecular weight excluding hydrogens is 304 g/mol. The molecule has 0 radical (unpaired) electrons. The van der Waals surface area contributed by atoms with E-state index in [1.54, 1.807) is 0 Å². The molecule has 0 spiro atoms. The van der Waals surface area contributed by atoms with Gasteiger partial charge in [0.2, 0.25) is 0 Å². The molecule has 19 heavy (non-hydrogen) atoms. The smallest absolute Gasteiger partial charge is 0.0558 e. The number of likely N-dealkylation sites (N-methyl/N-ethyl adjacent to an activating group) is 1. The molecule has 0 saturated carbocycles. The summed E-state index contributed by atoms with van der Waals surface area (Å²) in [4.78, 5) is 4.80. The Morgan fingerprint density at radius 3 is 2.79 bits per heavy atom. The van der Waals surface area contributed by atoms with Crippen molar-refractivity contribution in [1.82, 2.24) is 9.80 Å². The minimum Gasteiger partial charge on any atom is -0.395 e. The first-order chi connectivity index (χ1) is 9.19. The molecule has 1 aromatic carbocycles. The van der Waals surface area contributed by atoms with Crippen molar-refractivity contribution in [2.45, 2.75) is 25.4 Å². The summed E-state index contributed by atoms with van der Waals surface area (Å²) in [6.45, 7) is 4.33. The van der Waals surface area contributed by atoms with Gasteiger partial charge in [-0.05, 0) is 44.1 Å². The molecule has 106 valence electrons. The molecule has 1 aromatic rings. The lowest BCUT2D eigenvalue weighted by molar-refractivity contribution is 0.0970. The van der Waals surface area contributed by atoms with Crippen LogP contribution >= 0.6 is 15.9 Å². The average molecular weight is 327 g/mol. The van der Waals surface area contributed by atoms with E-state index >= 15 is 0 Å². The minimum atomic E-state index is 0.250. The van der Waals surface area contributed by atoms with Crippen molar-refractivity contribution >= 4 is 15.9 Å². The van der Waals surface area contributed by atoms with E-state index in [1.807, 2.05) is 0 Å². The molecule has 0 aromatic heterocycles. The number of hydrogen-bond donors (Lipinski definition) is 1. The van der Waals surface area contributed by atoms with Crippen LogP contribution in [0.15, 0.2) is 28.7 Å².